The molecule has 1 atom stereocenters. The van der Waals surface area contributed by atoms with Crippen LogP contribution in [-0.2, 0) is 24.2 Å². The molecular formula is C17H21N3O2S. The van der Waals surface area contributed by atoms with Gasteiger partial charge in [0, 0.05) is 20.0 Å². The largest absolute Gasteiger partial charge is 0.371 e. The van der Waals surface area contributed by atoms with E-state index in [9.17, 15) is 4.79 Å². The molecule has 2 aromatic rings. The van der Waals surface area contributed by atoms with Gasteiger partial charge in [0.2, 0.25) is 0 Å². The molecule has 1 aromatic carbocycles. The van der Waals surface area contributed by atoms with Crippen LogP contribution in [0.5, 0.6) is 0 Å². The van der Waals surface area contributed by atoms with Gasteiger partial charge in [-0.1, -0.05) is 42.1 Å². The first-order valence-electron chi connectivity index (χ1n) is 7.94. The number of aryl methyl sites for hydroxylation is 1. The van der Waals surface area contributed by atoms with Gasteiger partial charge in [-0.2, -0.15) is 0 Å². The fourth-order valence-corrected chi connectivity index (χ4v) is 3.56. The zero-order chi connectivity index (χ0) is 16.2. The number of benzene rings is 1. The summed E-state index contributed by atoms with van der Waals surface area (Å²) in [6.07, 6.45) is 2.63. The molecule has 3 rings (SSSR count). The van der Waals surface area contributed by atoms with Gasteiger partial charge in [0.05, 0.1) is 18.4 Å². The first kappa shape index (κ1) is 16.1. The Kier molecular flexibility index (Phi) is 5.03. The molecule has 0 radical (unpaired) electrons. The average Bonchev–Trinajstić information content (AvgIpc) is 3.02. The molecule has 0 unspecified atom stereocenters. The number of carbonyl (C=O) groups excluding carboxylic acids is 1. The van der Waals surface area contributed by atoms with Gasteiger partial charge < -0.3 is 9.64 Å². The van der Waals surface area contributed by atoms with E-state index in [1.807, 2.05) is 13.1 Å². The molecule has 1 aromatic heterocycles. The van der Waals surface area contributed by atoms with Gasteiger partial charge in [-0.25, -0.2) is 0 Å². The average molecular weight is 331 g/mol. The lowest BCUT2D eigenvalue weighted by molar-refractivity contribution is 0.00992. The molecule has 2 heterocycles. The number of rotatable bonds is 5. The van der Waals surface area contributed by atoms with Crippen molar-refractivity contribution >= 4 is 17.4 Å². The Hall–Kier alpha value is -1.79. The molecule has 5 nitrogen and oxygen atoms in total. The van der Waals surface area contributed by atoms with Crippen LogP contribution in [0.2, 0.25) is 0 Å². The summed E-state index contributed by atoms with van der Waals surface area (Å²) in [5.41, 5.74) is 3.37. The Bertz CT molecular complexity index is 686. The van der Waals surface area contributed by atoms with Crippen LogP contribution >= 0.6 is 11.5 Å². The molecule has 0 spiro atoms. The number of fused-ring (bicyclic) bond motifs is 1. The zero-order valence-electron chi connectivity index (χ0n) is 13.5. The van der Waals surface area contributed by atoms with E-state index in [-0.39, 0.29) is 12.0 Å². The van der Waals surface area contributed by atoms with Crippen molar-refractivity contribution in [3.63, 3.8) is 0 Å². The van der Waals surface area contributed by atoms with E-state index in [0.29, 0.717) is 18.0 Å². The Labute approximate surface area is 140 Å². The highest BCUT2D eigenvalue weighted by Crippen LogP contribution is 2.22. The van der Waals surface area contributed by atoms with Gasteiger partial charge in [0.25, 0.3) is 5.91 Å². The monoisotopic (exact) mass is 331 g/mol. The molecule has 0 saturated heterocycles. The zero-order valence-corrected chi connectivity index (χ0v) is 14.3. The van der Waals surface area contributed by atoms with Crippen molar-refractivity contribution in [1.82, 2.24) is 14.5 Å². The van der Waals surface area contributed by atoms with Crippen LogP contribution in [0.15, 0.2) is 24.3 Å². The summed E-state index contributed by atoms with van der Waals surface area (Å²) in [4.78, 5) is 15.0. The van der Waals surface area contributed by atoms with E-state index in [1.54, 1.807) is 4.90 Å². The van der Waals surface area contributed by atoms with Gasteiger partial charge in [-0.05, 0) is 29.1 Å². The molecule has 0 N–H and O–H groups in total. The number of ether oxygens (including phenoxy) is 1. The quantitative estimate of drug-likeness (QED) is 0.845. The third-order valence-electron chi connectivity index (χ3n) is 4.10. The summed E-state index contributed by atoms with van der Waals surface area (Å²) < 4.78 is 9.83. The summed E-state index contributed by atoms with van der Waals surface area (Å²) in [5.74, 6) is -0.00842. The maximum absolute atomic E-state index is 12.6. The highest BCUT2D eigenvalue weighted by molar-refractivity contribution is 7.07. The van der Waals surface area contributed by atoms with Gasteiger partial charge >= 0.3 is 0 Å². The number of hydrogen-bond donors (Lipinski definition) is 0. The number of hydrogen-bond acceptors (Lipinski definition) is 5. The van der Waals surface area contributed by atoms with Crippen LogP contribution in [-0.4, -0.2) is 40.1 Å². The highest BCUT2D eigenvalue weighted by Gasteiger charge is 2.25. The van der Waals surface area contributed by atoms with Crippen molar-refractivity contribution in [2.75, 3.05) is 13.6 Å². The number of nitrogens with zero attached hydrogens (tertiary/aromatic N) is 3. The van der Waals surface area contributed by atoms with Gasteiger partial charge in [-0.15, -0.1) is 5.10 Å². The summed E-state index contributed by atoms with van der Waals surface area (Å²) in [7, 11) is 1.82. The standard InChI is InChI=1S/C17H21N3O2S/c1-3-6-15-16(23-19-18-15)17(21)20(2)10-14-9-12-7-4-5-8-13(12)11-22-14/h4-5,7-8,14H,3,6,9-11H2,1-2H3/t14-/m1/s1. The van der Waals surface area contributed by atoms with Crippen molar-refractivity contribution in [3.05, 3.63) is 46.0 Å². The van der Waals surface area contributed by atoms with Gasteiger partial charge in [0.1, 0.15) is 4.88 Å². The molecule has 6 heteroatoms. The third kappa shape index (κ3) is 3.59. The molecule has 0 saturated carbocycles. The Morgan fingerprint density at radius 3 is 2.96 bits per heavy atom. The molecular weight excluding hydrogens is 310 g/mol. The Morgan fingerprint density at radius 2 is 2.17 bits per heavy atom. The summed E-state index contributed by atoms with van der Waals surface area (Å²) in [5, 5.41) is 4.08. The van der Waals surface area contributed by atoms with Crippen LogP contribution in [0.25, 0.3) is 0 Å². The summed E-state index contributed by atoms with van der Waals surface area (Å²) in [6.45, 7) is 3.27. The second-order valence-electron chi connectivity index (χ2n) is 5.89. The topological polar surface area (TPSA) is 55.3 Å². The van der Waals surface area contributed by atoms with E-state index in [0.717, 1.165) is 25.0 Å². The van der Waals surface area contributed by atoms with Crippen LogP contribution < -0.4 is 0 Å². The highest BCUT2D eigenvalue weighted by atomic mass is 32.1. The lowest BCUT2D eigenvalue weighted by Crippen LogP contribution is -2.38. The molecule has 122 valence electrons. The Balaban J connectivity index is 1.64. The summed E-state index contributed by atoms with van der Waals surface area (Å²) in [6, 6.07) is 8.32. The lowest BCUT2D eigenvalue weighted by atomic mass is 9.99. The summed E-state index contributed by atoms with van der Waals surface area (Å²) >= 11 is 1.18. The maximum Gasteiger partial charge on any atom is 0.267 e. The third-order valence-corrected chi connectivity index (χ3v) is 4.86. The molecule has 1 amide bonds. The first-order valence-corrected chi connectivity index (χ1v) is 8.71. The van der Waals surface area contributed by atoms with Crippen molar-refractivity contribution in [3.8, 4) is 0 Å². The van der Waals surface area contributed by atoms with Crippen LogP contribution in [0.3, 0.4) is 0 Å². The van der Waals surface area contributed by atoms with E-state index in [2.05, 4.69) is 34.7 Å². The fourth-order valence-electron chi connectivity index (χ4n) is 2.86. The Morgan fingerprint density at radius 1 is 1.39 bits per heavy atom. The van der Waals surface area contributed by atoms with Gasteiger partial charge in [0.15, 0.2) is 0 Å². The molecule has 0 bridgehead atoms. The molecule has 1 aliphatic rings. The predicted octanol–water partition coefficient (Wildman–Crippen LogP) is 2.70. The minimum atomic E-state index is -0.00842. The van der Waals surface area contributed by atoms with E-state index < -0.39 is 0 Å². The van der Waals surface area contributed by atoms with Crippen LogP contribution in [0, 0.1) is 0 Å². The van der Waals surface area contributed by atoms with Crippen molar-refractivity contribution in [2.45, 2.75) is 38.9 Å². The smallest absolute Gasteiger partial charge is 0.267 e. The molecule has 23 heavy (non-hydrogen) atoms. The number of amides is 1. The molecule has 1 aliphatic heterocycles. The minimum absolute atomic E-state index is 0.00842. The molecule has 0 fully saturated rings. The lowest BCUT2D eigenvalue weighted by Gasteiger charge is -2.28. The SMILES string of the molecule is CCCc1nnsc1C(=O)N(C)C[C@H]1Cc2ccccc2CO1. The van der Waals surface area contributed by atoms with E-state index in [1.165, 1.54) is 22.7 Å². The van der Waals surface area contributed by atoms with Crippen molar-refractivity contribution in [2.24, 2.45) is 0 Å². The minimum Gasteiger partial charge on any atom is -0.371 e. The van der Waals surface area contributed by atoms with E-state index >= 15 is 0 Å². The first-order chi connectivity index (χ1) is 11.2. The van der Waals surface area contributed by atoms with Crippen molar-refractivity contribution < 1.29 is 9.53 Å². The van der Waals surface area contributed by atoms with Crippen molar-refractivity contribution in [1.29, 1.82) is 0 Å². The van der Waals surface area contributed by atoms with Crippen LogP contribution in [0.1, 0.15) is 39.8 Å². The molecule has 0 aliphatic carbocycles. The fraction of sp³-hybridized carbons (Fsp3) is 0.471. The van der Waals surface area contributed by atoms with Crippen LogP contribution in [0.4, 0.5) is 0 Å². The van der Waals surface area contributed by atoms with Gasteiger partial charge in [-0.3, -0.25) is 4.79 Å². The second-order valence-corrected chi connectivity index (χ2v) is 6.64. The number of aromatic nitrogens is 2. The van der Waals surface area contributed by atoms with E-state index in [4.69, 9.17) is 4.74 Å². The second kappa shape index (κ2) is 7.19. The number of likely N-dealkylation sites (N-methyl/N-ethyl adjacent to an activating group) is 1. The predicted molar refractivity (Wildman–Crippen MR) is 89.6 cm³/mol. The normalized spacial score (nSPS) is 16.9. The maximum atomic E-state index is 12.6. The number of carbonyl (C=O) groups is 1.